The maximum Gasteiger partial charge on any atom is 0.235 e. The molecule has 0 aliphatic carbocycles. The number of hydrogen-bond acceptors (Lipinski definition) is 2. The van der Waals surface area contributed by atoms with Crippen molar-refractivity contribution in [2.24, 2.45) is 0 Å². The van der Waals surface area contributed by atoms with Gasteiger partial charge in [0.2, 0.25) is 5.95 Å². The smallest absolute Gasteiger partial charge is 0.235 e. The van der Waals surface area contributed by atoms with Crippen LogP contribution in [0.25, 0.3) is 72.2 Å². The van der Waals surface area contributed by atoms with E-state index < -0.39 is 0 Å². The fourth-order valence-electron chi connectivity index (χ4n) is 6.81. The molecular formula is C42H33N3. The molecule has 3 nitrogen and oxygen atoms in total. The number of rotatable bonds is 6. The van der Waals surface area contributed by atoms with E-state index in [0.717, 1.165) is 46.0 Å². The van der Waals surface area contributed by atoms with Gasteiger partial charge in [-0.25, -0.2) is 9.97 Å². The molecular weight excluding hydrogens is 546 g/mol. The number of fused-ring (bicyclic) bond motifs is 4. The Morgan fingerprint density at radius 1 is 0.489 bits per heavy atom. The molecule has 8 rings (SSSR count). The number of aromatic nitrogens is 3. The Balaban J connectivity index is 1.44. The molecule has 2 aromatic heterocycles. The molecule has 6 aromatic carbocycles. The van der Waals surface area contributed by atoms with Crippen LogP contribution >= 0.6 is 0 Å². The summed E-state index contributed by atoms with van der Waals surface area (Å²) in [5.74, 6) is 0.686. The van der Waals surface area contributed by atoms with Crippen LogP contribution in [0.15, 0.2) is 140 Å². The second-order valence-electron chi connectivity index (χ2n) is 11.5. The third-order valence-electron chi connectivity index (χ3n) is 9.03. The van der Waals surface area contributed by atoms with Gasteiger partial charge in [-0.2, -0.15) is 0 Å². The highest BCUT2D eigenvalue weighted by molar-refractivity contribution is 6.14. The standard InChI is InChI=1S/C42H33N3/c1-3-28-14-8-9-17-33(28)39-29(4-2)26-27-35-34-18-11-13-21-38(34)45(41(35)39)42-43-37-20-12-10-19-36(37)40(44-42)32-24-22-31(23-25-32)30-15-6-5-7-16-30/h5-27H,3-4H2,1-2H3. The van der Waals surface area contributed by atoms with Crippen LogP contribution in [0.1, 0.15) is 25.0 Å². The van der Waals surface area contributed by atoms with Crippen molar-refractivity contribution in [3.8, 4) is 39.5 Å². The summed E-state index contributed by atoms with van der Waals surface area (Å²) < 4.78 is 2.31. The van der Waals surface area contributed by atoms with E-state index in [9.17, 15) is 0 Å². The fourth-order valence-corrected chi connectivity index (χ4v) is 6.81. The van der Waals surface area contributed by atoms with Crippen LogP contribution in [-0.4, -0.2) is 14.5 Å². The lowest BCUT2D eigenvalue weighted by molar-refractivity contribution is 1.01. The molecule has 3 heteroatoms. The lowest BCUT2D eigenvalue weighted by Crippen LogP contribution is -2.05. The normalized spacial score (nSPS) is 11.5. The second-order valence-corrected chi connectivity index (χ2v) is 11.5. The Bertz CT molecular complexity index is 2330. The van der Waals surface area contributed by atoms with Gasteiger partial charge in [0.15, 0.2) is 0 Å². The monoisotopic (exact) mass is 579 g/mol. The lowest BCUT2D eigenvalue weighted by atomic mass is 9.91. The summed E-state index contributed by atoms with van der Waals surface area (Å²) in [6.07, 6.45) is 1.90. The number of para-hydroxylation sites is 2. The number of benzene rings is 6. The van der Waals surface area contributed by atoms with Gasteiger partial charge in [0.25, 0.3) is 0 Å². The molecule has 0 aliphatic heterocycles. The summed E-state index contributed by atoms with van der Waals surface area (Å²) >= 11 is 0. The van der Waals surface area contributed by atoms with Gasteiger partial charge in [-0.3, -0.25) is 4.57 Å². The summed E-state index contributed by atoms with van der Waals surface area (Å²) in [6, 6.07) is 49.7. The first kappa shape index (κ1) is 27.0. The molecule has 2 heterocycles. The lowest BCUT2D eigenvalue weighted by Gasteiger charge is -2.17. The molecule has 0 saturated heterocycles. The summed E-state index contributed by atoms with van der Waals surface area (Å²) in [5, 5.41) is 3.46. The largest absolute Gasteiger partial charge is 0.277 e. The minimum Gasteiger partial charge on any atom is -0.277 e. The van der Waals surface area contributed by atoms with E-state index in [1.807, 2.05) is 0 Å². The minimum atomic E-state index is 0.686. The highest BCUT2D eigenvalue weighted by Gasteiger charge is 2.22. The van der Waals surface area contributed by atoms with Crippen molar-refractivity contribution >= 4 is 32.7 Å². The van der Waals surface area contributed by atoms with Crippen LogP contribution < -0.4 is 0 Å². The second kappa shape index (κ2) is 11.2. The first-order chi connectivity index (χ1) is 22.2. The van der Waals surface area contributed by atoms with Crippen molar-refractivity contribution in [2.45, 2.75) is 26.7 Å². The van der Waals surface area contributed by atoms with E-state index in [1.54, 1.807) is 0 Å². The van der Waals surface area contributed by atoms with Crippen molar-refractivity contribution in [1.82, 2.24) is 14.5 Å². The zero-order valence-electron chi connectivity index (χ0n) is 25.5. The number of nitrogens with zero attached hydrogens (tertiary/aromatic N) is 3. The maximum atomic E-state index is 5.40. The van der Waals surface area contributed by atoms with Gasteiger partial charge >= 0.3 is 0 Å². The first-order valence-corrected chi connectivity index (χ1v) is 15.8. The molecule has 0 aliphatic rings. The highest BCUT2D eigenvalue weighted by atomic mass is 15.2. The maximum absolute atomic E-state index is 5.40. The number of hydrogen-bond donors (Lipinski definition) is 0. The van der Waals surface area contributed by atoms with Gasteiger partial charge < -0.3 is 0 Å². The van der Waals surface area contributed by atoms with E-state index in [-0.39, 0.29) is 0 Å². The molecule has 216 valence electrons. The average Bonchev–Trinajstić information content (AvgIpc) is 3.45. The van der Waals surface area contributed by atoms with Crippen LogP contribution in [0.5, 0.6) is 0 Å². The Morgan fingerprint density at radius 2 is 1.13 bits per heavy atom. The predicted octanol–water partition coefficient (Wildman–Crippen LogP) is 10.9. The molecule has 0 saturated carbocycles. The molecule has 8 aromatic rings. The Hall–Kier alpha value is -5.54. The molecule has 45 heavy (non-hydrogen) atoms. The third-order valence-corrected chi connectivity index (χ3v) is 9.03. The summed E-state index contributed by atoms with van der Waals surface area (Å²) in [6.45, 7) is 4.48. The zero-order valence-corrected chi connectivity index (χ0v) is 25.5. The van der Waals surface area contributed by atoms with E-state index in [0.29, 0.717) is 5.95 Å². The fraction of sp³-hybridized carbons (Fsp3) is 0.0952. The Labute approximate surface area is 263 Å². The van der Waals surface area contributed by atoms with Gasteiger partial charge in [0.1, 0.15) is 0 Å². The van der Waals surface area contributed by atoms with Crippen LogP contribution in [0.3, 0.4) is 0 Å². The van der Waals surface area contributed by atoms with Gasteiger partial charge in [0.05, 0.1) is 22.2 Å². The van der Waals surface area contributed by atoms with Gasteiger partial charge in [-0.15, -0.1) is 0 Å². The van der Waals surface area contributed by atoms with Gasteiger partial charge in [0, 0.05) is 27.3 Å². The van der Waals surface area contributed by atoms with Crippen LogP contribution in [0.2, 0.25) is 0 Å². The molecule has 0 unspecified atom stereocenters. The van der Waals surface area contributed by atoms with Crippen LogP contribution in [0.4, 0.5) is 0 Å². The van der Waals surface area contributed by atoms with Crippen LogP contribution in [-0.2, 0) is 12.8 Å². The van der Waals surface area contributed by atoms with Crippen molar-refractivity contribution in [3.63, 3.8) is 0 Å². The van der Waals surface area contributed by atoms with Crippen molar-refractivity contribution in [1.29, 1.82) is 0 Å². The van der Waals surface area contributed by atoms with E-state index in [4.69, 9.17) is 9.97 Å². The van der Waals surface area contributed by atoms with Crippen molar-refractivity contribution < 1.29 is 0 Å². The molecule has 0 N–H and O–H groups in total. The summed E-state index contributed by atoms with van der Waals surface area (Å²) in [4.78, 5) is 10.7. The van der Waals surface area contributed by atoms with Gasteiger partial charge in [-0.1, -0.05) is 141 Å². The quantitative estimate of drug-likeness (QED) is 0.196. The summed E-state index contributed by atoms with van der Waals surface area (Å²) in [5.41, 5.74) is 12.8. The molecule has 0 atom stereocenters. The Morgan fingerprint density at radius 3 is 1.93 bits per heavy atom. The topological polar surface area (TPSA) is 30.7 Å². The van der Waals surface area contributed by atoms with Crippen molar-refractivity contribution in [2.75, 3.05) is 0 Å². The van der Waals surface area contributed by atoms with Crippen molar-refractivity contribution in [3.05, 3.63) is 151 Å². The first-order valence-electron chi connectivity index (χ1n) is 15.8. The molecule has 0 amide bonds. The SMILES string of the molecule is CCc1ccccc1-c1c(CC)ccc2c3ccccc3n(-c3nc(-c4ccc(-c5ccccc5)cc4)c4ccccc4n3)c12. The van der Waals surface area contributed by atoms with Gasteiger partial charge in [-0.05, 0) is 52.8 Å². The number of aryl methyl sites for hydroxylation is 2. The van der Waals surface area contributed by atoms with E-state index >= 15 is 0 Å². The zero-order chi connectivity index (χ0) is 30.3. The molecule has 0 spiro atoms. The molecule has 0 bridgehead atoms. The average molecular weight is 580 g/mol. The molecule has 0 fully saturated rings. The summed E-state index contributed by atoms with van der Waals surface area (Å²) in [7, 11) is 0. The van der Waals surface area contributed by atoms with Crippen LogP contribution in [0, 0.1) is 0 Å². The minimum absolute atomic E-state index is 0.686. The Kier molecular flexibility index (Phi) is 6.72. The third kappa shape index (κ3) is 4.51. The highest BCUT2D eigenvalue weighted by Crippen LogP contribution is 2.41. The van der Waals surface area contributed by atoms with E-state index in [1.165, 1.54) is 44.2 Å². The van der Waals surface area contributed by atoms with E-state index in [2.05, 4.69) is 158 Å². The molecule has 0 radical (unpaired) electrons. The predicted molar refractivity (Wildman–Crippen MR) is 189 cm³/mol.